The number of hydrogen-bond acceptors (Lipinski definition) is 5. The van der Waals surface area contributed by atoms with Crippen LogP contribution in [0.2, 0.25) is 0 Å². The van der Waals surface area contributed by atoms with Gasteiger partial charge in [0.15, 0.2) is 10.8 Å². The Balaban J connectivity index is 1.63. The van der Waals surface area contributed by atoms with E-state index in [0.29, 0.717) is 21.8 Å². The predicted molar refractivity (Wildman–Crippen MR) is 96.0 cm³/mol. The second kappa shape index (κ2) is 7.83. The zero-order valence-electron chi connectivity index (χ0n) is 14.3. The van der Waals surface area contributed by atoms with Crippen LogP contribution in [0.15, 0.2) is 18.5 Å². The Hall–Kier alpha value is -1.82. The summed E-state index contributed by atoms with van der Waals surface area (Å²) >= 11 is 1.37. The quantitative estimate of drug-likeness (QED) is 0.890. The largest absolute Gasteiger partial charge is 0.349 e. The summed E-state index contributed by atoms with van der Waals surface area (Å²) in [5.74, 6) is 1.41. The van der Waals surface area contributed by atoms with Crippen molar-refractivity contribution in [1.82, 2.24) is 20.3 Å². The van der Waals surface area contributed by atoms with Crippen molar-refractivity contribution < 1.29 is 4.79 Å². The van der Waals surface area contributed by atoms with Gasteiger partial charge in [0.05, 0.1) is 5.69 Å². The van der Waals surface area contributed by atoms with Gasteiger partial charge >= 0.3 is 0 Å². The van der Waals surface area contributed by atoms with Gasteiger partial charge in [-0.1, -0.05) is 19.8 Å². The molecule has 0 bridgehead atoms. The normalized spacial score (nSPS) is 20.8. The maximum Gasteiger partial charge on any atom is 0.263 e. The van der Waals surface area contributed by atoms with Crippen molar-refractivity contribution in [2.45, 2.75) is 58.4 Å². The number of carbonyl (C=O) groups is 1. The molecule has 3 rings (SSSR count). The van der Waals surface area contributed by atoms with Crippen LogP contribution in [-0.2, 0) is 0 Å². The Bertz CT molecular complexity index is 678. The molecule has 0 spiro atoms. The fourth-order valence-electron chi connectivity index (χ4n) is 3.37. The second-order valence-corrected chi connectivity index (χ2v) is 7.48. The SMILES string of the molecule is CCCC1CCC(NC(=O)c2sc(-c3ncccn3)nc2C)CC1. The van der Waals surface area contributed by atoms with Crippen molar-refractivity contribution >= 4 is 17.2 Å². The first kappa shape index (κ1) is 17.0. The zero-order chi connectivity index (χ0) is 16.9. The maximum atomic E-state index is 12.6. The first-order valence-corrected chi connectivity index (χ1v) is 9.54. The highest BCUT2D eigenvalue weighted by Gasteiger charge is 2.24. The summed E-state index contributed by atoms with van der Waals surface area (Å²) in [6.07, 6.45) is 10.6. The first-order chi connectivity index (χ1) is 11.7. The van der Waals surface area contributed by atoms with E-state index in [4.69, 9.17) is 0 Å². The summed E-state index contributed by atoms with van der Waals surface area (Å²) in [5, 5.41) is 3.89. The van der Waals surface area contributed by atoms with Crippen molar-refractivity contribution in [3.63, 3.8) is 0 Å². The summed E-state index contributed by atoms with van der Waals surface area (Å²) in [5.41, 5.74) is 0.750. The minimum absolute atomic E-state index is 0.00822. The molecule has 24 heavy (non-hydrogen) atoms. The lowest BCUT2D eigenvalue weighted by Crippen LogP contribution is -2.37. The van der Waals surface area contributed by atoms with E-state index >= 15 is 0 Å². The summed E-state index contributed by atoms with van der Waals surface area (Å²) < 4.78 is 0. The molecule has 128 valence electrons. The molecule has 1 amide bonds. The second-order valence-electron chi connectivity index (χ2n) is 6.49. The fraction of sp³-hybridized carbons (Fsp3) is 0.556. The van der Waals surface area contributed by atoms with E-state index in [0.717, 1.165) is 24.5 Å². The number of rotatable bonds is 5. The standard InChI is InChI=1S/C18H24N4OS/c1-3-5-13-6-8-14(9-7-13)22-17(23)15-12(2)21-18(24-15)16-19-10-4-11-20-16/h4,10-11,13-14H,3,5-9H2,1-2H3,(H,22,23). The van der Waals surface area contributed by atoms with Gasteiger partial charge in [-0.05, 0) is 44.6 Å². The van der Waals surface area contributed by atoms with Gasteiger partial charge < -0.3 is 5.32 Å². The van der Waals surface area contributed by atoms with Crippen LogP contribution in [0.25, 0.3) is 10.8 Å². The van der Waals surface area contributed by atoms with Crippen molar-refractivity contribution in [3.05, 3.63) is 29.0 Å². The minimum atomic E-state index is -0.00822. The molecular weight excluding hydrogens is 320 g/mol. The number of aryl methyl sites for hydroxylation is 1. The third kappa shape index (κ3) is 3.98. The zero-order valence-corrected chi connectivity index (χ0v) is 15.1. The molecule has 0 atom stereocenters. The van der Waals surface area contributed by atoms with Crippen LogP contribution in [0.3, 0.4) is 0 Å². The Labute approximate surface area is 147 Å². The summed E-state index contributed by atoms with van der Waals surface area (Å²) in [7, 11) is 0. The van der Waals surface area contributed by atoms with Crippen molar-refractivity contribution in [3.8, 4) is 10.8 Å². The molecule has 2 aromatic heterocycles. The lowest BCUT2D eigenvalue weighted by Gasteiger charge is -2.28. The molecule has 1 aliphatic carbocycles. The smallest absolute Gasteiger partial charge is 0.263 e. The van der Waals surface area contributed by atoms with Crippen LogP contribution in [-0.4, -0.2) is 26.9 Å². The monoisotopic (exact) mass is 344 g/mol. The van der Waals surface area contributed by atoms with Crippen LogP contribution >= 0.6 is 11.3 Å². The van der Waals surface area contributed by atoms with Crippen molar-refractivity contribution in [1.29, 1.82) is 0 Å². The van der Waals surface area contributed by atoms with E-state index in [1.54, 1.807) is 18.5 Å². The van der Waals surface area contributed by atoms with Crippen LogP contribution in [0, 0.1) is 12.8 Å². The van der Waals surface area contributed by atoms with Gasteiger partial charge in [-0.15, -0.1) is 11.3 Å². The van der Waals surface area contributed by atoms with Gasteiger partial charge in [0.2, 0.25) is 0 Å². The van der Waals surface area contributed by atoms with E-state index in [2.05, 4.69) is 27.2 Å². The van der Waals surface area contributed by atoms with Crippen LogP contribution in [0.4, 0.5) is 0 Å². The lowest BCUT2D eigenvalue weighted by atomic mass is 9.83. The molecule has 1 N–H and O–H groups in total. The topological polar surface area (TPSA) is 67.8 Å². The molecule has 6 heteroatoms. The average molecular weight is 344 g/mol. The van der Waals surface area contributed by atoms with E-state index < -0.39 is 0 Å². The lowest BCUT2D eigenvalue weighted by molar-refractivity contribution is 0.0924. The van der Waals surface area contributed by atoms with Gasteiger partial charge in [-0.3, -0.25) is 4.79 Å². The Morgan fingerprint density at radius 1 is 1.25 bits per heavy atom. The van der Waals surface area contributed by atoms with Gasteiger partial charge in [0.25, 0.3) is 5.91 Å². The number of thiazole rings is 1. The minimum Gasteiger partial charge on any atom is -0.349 e. The number of nitrogens with zero attached hydrogens (tertiary/aromatic N) is 3. The Morgan fingerprint density at radius 2 is 1.96 bits per heavy atom. The van der Waals surface area contributed by atoms with E-state index in [1.807, 2.05) is 6.92 Å². The van der Waals surface area contributed by atoms with E-state index in [-0.39, 0.29) is 5.91 Å². The molecule has 0 unspecified atom stereocenters. The molecule has 0 aliphatic heterocycles. The van der Waals surface area contributed by atoms with Gasteiger partial charge in [-0.2, -0.15) is 0 Å². The highest BCUT2D eigenvalue weighted by Crippen LogP contribution is 2.29. The molecule has 0 radical (unpaired) electrons. The van der Waals surface area contributed by atoms with Crippen molar-refractivity contribution in [2.75, 3.05) is 0 Å². The number of nitrogens with one attached hydrogen (secondary N) is 1. The highest BCUT2D eigenvalue weighted by molar-refractivity contribution is 7.17. The third-order valence-electron chi connectivity index (χ3n) is 4.64. The number of amides is 1. The Kier molecular flexibility index (Phi) is 5.56. The summed E-state index contributed by atoms with van der Waals surface area (Å²) in [4.78, 5) is 26.2. The first-order valence-electron chi connectivity index (χ1n) is 8.73. The highest BCUT2D eigenvalue weighted by atomic mass is 32.1. The van der Waals surface area contributed by atoms with Gasteiger partial charge in [-0.25, -0.2) is 15.0 Å². The molecule has 2 heterocycles. The van der Waals surface area contributed by atoms with Gasteiger partial charge in [0, 0.05) is 18.4 Å². The molecular formula is C18H24N4OS. The van der Waals surface area contributed by atoms with Gasteiger partial charge in [0.1, 0.15) is 4.88 Å². The summed E-state index contributed by atoms with van der Waals surface area (Å²) in [6.45, 7) is 4.12. The third-order valence-corrected chi connectivity index (χ3v) is 5.79. The molecule has 2 aromatic rings. The number of aromatic nitrogens is 3. The van der Waals surface area contributed by atoms with E-state index in [9.17, 15) is 4.79 Å². The maximum absolute atomic E-state index is 12.6. The van der Waals surface area contributed by atoms with E-state index in [1.165, 1.54) is 37.0 Å². The average Bonchev–Trinajstić information content (AvgIpc) is 3.00. The fourth-order valence-corrected chi connectivity index (χ4v) is 4.28. The van der Waals surface area contributed by atoms with Crippen molar-refractivity contribution in [2.24, 2.45) is 5.92 Å². The van der Waals surface area contributed by atoms with Crippen LogP contribution in [0.5, 0.6) is 0 Å². The molecule has 1 aliphatic rings. The number of hydrogen-bond donors (Lipinski definition) is 1. The number of carbonyl (C=O) groups excluding carboxylic acids is 1. The molecule has 0 aromatic carbocycles. The predicted octanol–water partition coefficient (Wildman–Crippen LogP) is 4.00. The molecule has 1 saturated carbocycles. The van der Waals surface area contributed by atoms with Crippen LogP contribution in [0.1, 0.15) is 60.8 Å². The Morgan fingerprint density at radius 3 is 2.62 bits per heavy atom. The molecule has 0 saturated heterocycles. The molecule has 1 fully saturated rings. The molecule has 5 nitrogen and oxygen atoms in total. The summed E-state index contributed by atoms with van der Waals surface area (Å²) in [6, 6.07) is 2.07. The van der Waals surface area contributed by atoms with Crippen LogP contribution < -0.4 is 5.32 Å².